The molecule has 5 aromatic rings. The predicted molar refractivity (Wildman–Crippen MR) is 154 cm³/mol. The molecule has 0 amide bonds. The number of fused-ring (bicyclic) bond motifs is 6. The number of ether oxygens (including phenoxy) is 2. The van der Waals surface area contributed by atoms with Crippen LogP contribution in [-0.4, -0.2) is 31.0 Å². The summed E-state index contributed by atoms with van der Waals surface area (Å²) in [5, 5.41) is 2.60. The molecule has 190 valence electrons. The molecule has 0 bridgehead atoms. The van der Waals surface area contributed by atoms with Crippen molar-refractivity contribution in [2.24, 2.45) is 10.8 Å². The van der Waals surface area contributed by atoms with Gasteiger partial charge in [0.1, 0.15) is 0 Å². The maximum Gasteiger partial charge on any atom is 0.0542 e. The first-order valence-electron chi connectivity index (χ1n) is 13.9. The van der Waals surface area contributed by atoms with Crippen LogP contribution in [0.4, 0.5) is 0 Å². The van der Waals surface area contributed by atoms with Crippen LogP contribution in [0.15, 0.2) is 91.0 Å². The van der Waals surface area contributed by atoms with Crippen LogP contribution in [0.3, 0.4) is 0 Å². The number of hydrogen-bond donors (Lipinski definition) is 0. The highest BCUT2D eigenvalue weighted by Gasteiger charge is 2.53. The van der Waals surface area contributed by atoms with Crippen molar-refractivity contribution in [3.63, 3.8) is 0 Å². The van der Waals surface area contributed by atoms with Crippen LogP contribution in [0.5, 0.6) is 0 Å². The number of hydrogen-bond acceptors (Lipinski definition) is 2. The molecule has 0 atom stereocenters. The Morgan fingerprint density at radius 2 is 1.13 bits per heavy atom. The Labute approximate surface area is 224 Å². The Kier molecular flexibility index (Phi) is 4.64. The lowest BCUT2D eigenvalue weighted by Crippen LogP contribution is -2.50. The van der Waals surface area contributed by atoms with Crippen LogP contribution in [0, 0.1) is 10.8 Å². The summed E-state index contributed by atoms with van der Waals surface area (Å²) in [6.07, 6.45) is 2.19. The van der Waals surface area contributed by atoms with E-state index in [1.165, 1.54) is 49.7 Å². The summed E-state index contributed by atoms with van der Waals surface area (Å²) >= 11 is 0. The molecule has 0 saturated carbocycles. The fraction of sp³-hybridized carbons (Fsp3) is 0.314. The number of nitrogens with zero attached hydrogens (tertiary/aromatic N) is 1. The summed E-state index contributed by atoms with van der Waals surface area (Å²) in [5.41, 5.74) is 9.77. The SMILES string of the molecule is CC1(CC2(CC3(C)COC3)c3ccccc3-c3ccc(-n4c5ccccc5c5ccccc54)cc32)COC1. The van der Waals surface area contributed by atoms with Gasteiger partial charge in [0.2, 0.25) is 0 Å². The minimum atomic E-state index is -0.0717. The van der Waals surface area contributed by atoms with Crippen LogP contribution < -0.4 is 0 Å². The molecule has 3 heterocycles. The van der Waals surface area contributed by atoms with Gasteiger partial charge in [-0.15, -0.1) is 0 Å². The van der Waals surface area contributed by atoms with Gasteiger partial charge in [-0.05, 0) is 59.4 Å². The second-order valence-electron chi connectivity index (χ2n) is 12.7. The minimum Gasteiger partial charge on any atom is -0.380 e. The highest BCUT2D eigenvalue weighted by atomic mass is 16.5. The molecule has 3 heteroatoms. The molecule has 3 nitrogen and oxygen atoms in total. The van der Waals surface area contributed by atoms with Crippen LogP contribution in [0.1, 0.15) is 37.8 Å². The van der Waals surface area contributed by atoms with Crippen molar-refractivity contribution in [3.8, 4) is 16.8 Å². The monoisotopic (exact) mass is 499 g/mol. The molecule has 2 saturated heterocycles. The molecule has 38 heavy (non-hydrogen) atoms. The second-order valence-corrected chi connectivity index (χ2v) is 12.7. The lowest BCUT2D eigenvalue weighted by Gasteiger charge is -2.50. The van der Waals surface area contributed by atoms with Gasteiger partial charge in [0.05, 0.1) is 37.5 Å². The zero-order valence-electron chi connectivity index (χ0n) is 22.2. The van der Waals surface area contributed by atoms with Gasteiger partial charge in [-0.1, -0.05) is 80.6 Å². The summed E-state index contributed by atoms with van der Waals surface area (Å²) < 4.78 is 14.0. The Morgan fingerprint density at radius 1 is 0.605 bits per heavy atom. The molecule has 0 unspecified atom stereocenters. The van der Waals surface area contributed by atoms with E-state index >= 15 is 0 Å². The number of rotatable bonds is 5. The highest BCUT2D eigenvalue weighted by molar-refractivity contribution is 6.09. The van der Waals surface area contributed by atoms with Gasteiger partial charge >= 0.3 is 0 Å². The van der Waals surface area contributed by atoms with Crippen LogP contribution in [0.25, 0.3) is 38.6 Å². The molecule has 0 radical (unpaired) electrons. The first-order valence-corrected chi connectivity index (χ1v) is 13.9. The summed E-state index contributed by atoms with van der Waals surface area (Å²) in [4.78, 5) is 0. The summed E-state index contributed by atoms with van der Waals surface area (Å²) in [7, 11) is 0. The van der Waals surface area contributed by atoms with Crippen LogP contribution in [-0.2, 0) is 14.9 Å². The summed E-state index contributed by atoms with van der Waals surface area (Å²) in [6.45, 7) is 8.18. The zero-order chi connectivity index (χ0) is 25.5. The van der Waals surface area contributed by atoms with E-state index in [9.17, 15) is 0 Å². The van der Waals surface area contributed by atoms with Gasteiger partial charge in [-0.3, -0.25) is 0 Å². The van der Waals surface area contributed by atoms with E-state index in [1.54, 1.807) is 0 Å². The van der Waals surface area contributed by atoms with Crippen molar-refractivity contribution in [2.45, 2.75) is 32.1 Å². The Morgan fingerprint density at radius 3 is 1.71 bits per heavy atom. The van der Waals surface area contributed by atoms with Gasteiger partial charge in [0.15, 0.2) is 0 Å². The number of para-hydroxylation sites is 2. The molecule has 2 fully saturated rings. The normalized spacial score (nSPS) is 20.1. The third-order valence-electron chi connectivity index (χ3n) is 9.35. The van der Waals surface area contributed by atoms with Crippen molar-refractivity contribution in [1.29, 1.82) is 0 Å². The van der Waals surface area contributed by atoms with E-state index in [1.807, 2.05) is 0 Å². The van der Waals surface area contributed by atoms with Crippen molar-refractivity contribution in [2.75, 3.05) is 26.4 Å². The maximum absolute atomic E-state index is 5.79. The zero-order valence-corrected chi connectivity index (χ0v) is 22.2. The van der Waals surface area contributed by atoms with Crippen molar-refractivity contribution in [3.05, 3.63) is 102 Å². The van der Waals surface area contributed by atoms with E-state index in [4.69, 9.17) is 9.47 Å². The average molecular weight is 500 g/mol. The molecule has 8 rings (SSSR count). The fourth-order valence-electron chi connectivity index (χ4n) is 7.79. The molecular formula is C35H33NO2. The Balaban J connectivity index is 1.40. The van der Waals surface area contributed by atoms with Crippen molar-refractivity contribution < 1.29 is 9.47 Å². The largest absolute Gasteiger partial charge is 0.380 e. The molecule has 3 aliphatic rings. The van der Waals surface area contributed by atoms with Crippen LogP contribution in [0.2, 0.25) is 0 Å². The molecule has 4 aromatic carbocycles. The molecule has 1 aliphatic carbocycles. The number of benzene rings is 4. The third kappa shape index (κ3) is 3.09. The van der Waals surface area contributed by atoms with Gasteiger partial charge in [-0.2, -0.15) is 0 Å². The van der Waals surface area contributed by atoms with Gasteiger partial charge in [-0.25, -0.2) is 0 Å². The maximum atomic E-state index is 5.79. The summed E-state index contributed by atoms with van der Waals surface area (Å²) in [5.74, 6) is 0. The van der Waals surface area contributed by atoms with Crippen molar-refractivity contribution in [1.82, 2.24) is 4.57 Å². The number of aromatic nitrogens is 1. The average Bonchev–Trinajstić information content (AvgIpc) is 3.37. The van der Waals surface area contributed by atoms with E-state index < -0.39 is 0 Å². The first kappa shape index (κ1) is 22.6. The minimum absolute atomic E-state index is 0.0717. The molecule has 2 aliphatic heterocycles. The smallest absolute Gasteiger partial charge is 0.0542 e. The lowest BCUT2D eigenvalue weighted by atomic mass is 9.59. The molecule has 1 aromatic heterocycles. The van der Waals surface area contributed by atoms with Crippen molar-refractivity contribution >= 4 is 21.8 Å². The predicted octanol–water partition coefficient (Wildman–Crippen LogP) is 7.90. The standard InChI is InChI=1S/C35H33NO2/c1-33(20-37-21-33)18-35(19-34(2)22-38-23-34)29-12-6-3-9-25(29)26-16-15-24(17-30(26)35)36-31-13-7-4-10-27(31)28-11-5-8-14-32(28)36/h3-17H,18-23H2,1-2H3. The Hall–Kier alpha value is -3.40. The fourth-order valence-corrected chi connectivity index (χ4v) is 7.79. The molecule has 0 spiro atoms. The molecular weight excluding hydrogens is 466 g/mol. The summed E-state index contributed by atoms with van der Waals surface area (Å²) in [6, 6.07) is 34.0. The van der Waals surface area contributed by atoms with Crippen LogP contribution >= 0.6 is 0 Å². The molecule has 0 N–H and O–H groups in total. The van der Waals surface area contributed by atoms with Gasteiger partial charge < -0.3 is 14.0 Å². The van der Waals surface area contributed by atoms with E-state index in [-0.39, 0.29) is 16.2 Å². The van der Waals surface area contributed by atoms with E-state index in [0.29, 0.717) is 0 Å². The first-order chi connectivity index (χ1) is 18.5. The van der Waals surface area contributed by atoms with Gasteiger partial charge in [0.25, 0.3) is 0 Å². The Bertz CT molecular complexity index is 1640. The van der Waals surface area contributed by atoms with E-state index in [0.717, 1.165) is 39.3 Å². The van der Waals surface area contributed by atoms with Gasteiger partial charge in [0, 0.05) is 32.7 Å². The topological polar surface area (TPSA) is 23.4 Å². The highest BCUT2D eigenvalue weighted by Crippen LogP contribution is 2.60. The second kappa shape index (κ2) is 7.81. The third-order valence-corrected chi connectivity index (χ3v) is 9.35. The van der Waals surface area contributed by atoms with E-state index in [2.05, 4.69) is 109 Å². The lowest BCUT2D eigenvalue weighted by molar-refractivity contribution is -0.135. The quantitative estimate of drug-likeness (QED) is 0.245.